The number of piperidine rings is 1. The number of benzene rings is 1. The van der Waals surface area contributed by atoms with E-state index in [2.05, 4.69) is 21.0 Å². The Balaban J connectivity index is 1.65. The van der Waals surface area contributed by atoms with Crippen molar-refractivity contribution in [2.75, 3.05) is 6.54 Å². The molecule has 0 unspecified atom stereocenters. The number of aromatic nitrogens is 4. The molecule has 1 saturated heterocycles. The van der Waals surface area contributed by atoms with Gasteiger partial charge >= 0.3 is 6.09 Å². The van der Waals surface area contributed by atoms with Crippen LogP contribution in [0.2, 0.25) is 0 Å². The first-order chi connectivity index (χ1) is 13.3. The van der Waals surface area contributed by atoms with E-state index in [-0.39, 0.29) is 18.2 Å². The van der Waals surface area contributed by atoms with Crippen LogP contribution in [0.25, 0.3) is 0 Å². The topological polar surface area (TPSA) is 94.4 Å². The molecule has 2 atom stereocenters. The van der Waals surface area contributed by atoms with Crippen molar-refractivity contribution in [3.63, 3.8) is 0 Å². The van der Waals surface area contributed by atoms with Gasteiger partial charge in [0.1, 0.15) is 5.60 Å². The van der Waals surface area contributed by atoms with Crippen molar-refractivity contribution < 1.29 is 14.4 Å². The first-order valence-corrected chi connectivity index (χ1v) is 9.46. The van der Waals surface area contributed by atoms with E-state index >= 15 is 0 Å². The summed E-state index contributed by atoms with van der Waals surface area (Å²) in [5.41, 5.74) is 3.59. The Bertz CT molecular complexity index is 773. The van der Waals surface area contributed by atoms with Gasteiger partial charge in [-0.2, -0.15) is 5.48 Å². The van der Waals surface area contributed by atoms with Crippen LogP contribution in [0.5, 0.6) is 0 Å². The van der Waals surface area contributed by atoms with Crippen LogP contribution in [0.1, 0.15) is 51.0 Å². The molecule has 0 saturated carbocycles. The molecule has 1 aromatic heterocycles. The van der Waals surface area contributed by atoms with Gasteiger partial charge in [-0.15, -0.1) is 5.10 Å². The fraction of sp³-hybridized carbons (Fsp3) is 0.579. The zero-order valence-corrected chi connectivity index (χ0v) is 16.8. The van der Waals surface area contributed by atoms with E-state index in [4.69, 9.17) is 9.57 Å². The number of rotatable bonds is 5. The van der Waals surface area contributed by atoms with Gasteiger partial charge in [0.25, 0.3) is 0 Å². The second-order valence-corrected chi connectivity index (χ2v) is 7.98. The summed E-state index contributed by atoms with van der Waals surface area (Å²) in [5, 5.41) is 11.7. The summed E-state index contributed by atoms with van der Waals surface area (Å²) in [7, 11) is 1.77. The minimum absolute atomic E-state index is 0.00586. The number of hydrogen-bond acceptors (Lipinski definition) is 7. The highest BCUT2D eigenvalue weighted by molar-refractivity contribution is 5.69. The first kappa shape index (κ1) is 20.2. The van der Waals surface area contributed by atoms with Crippen LogP contribution < -0.4 is 5.48 Å². The molecule has 9 heteroatoms. The van der Waals surface area contributed by atoms with Gasteiger partial charge < -0.3 is 4.74 Å². The lowest BCUT2D eigenvalue weighted by Crippen LogP contribution is -2.51. The average Bonchev–Trinajstić information content (AvgIpc) is 3.07. The zero-order chi connectivity index (χ0) is 20.1. The monoisotopic (exact) mass is 388 g/mol. The molecule has 28 heavy (non-hydrogen) atoms. The van der Waals surface area contributed by atoms with E-state index in [1.807, 2.05) is 51.1 Å². The molecule has 152 valence electrons. The normalized spacial score (nSPS) is 20.2. The fourth-order valence-corrected chi connectivity index (χ4v) is 3.19. The van der Waals surface area contributed by atoms with E-state index in [0.29, 0.717) is 25.4 Å². The molecule has 1 aliphatic heterocycles. The first-order valence-electron chi connectivity index (χ1n) is 9.46. The molecule has 1 aromatic carbocycles. The van der Waals surface area contributed by atoms with E-state index in [0.717, 1.165) is 12.0 Å². The van der Waals surface area contributed by atoms with Gasteiger partial charge in [-0.1, -0.05) is 30.3 Å². The van der Waals surface area contributed by atoms with Crippen LogP contribution in [-0.2, 0) is 23.2 Å². The highest BCUT2D eigenvalue weighted by atomic mass is 16.6. The predicted octanol–water partition coefficient (Wildman–Crippen LogP) is 2.37. The number of nitrogens with one attached hydrogen (secondary N) is 1. The zero-order valence-electron chi connectivity index (χ0n) is 16.8. The van der Waals surface area contributed by atoms with Crippen LogP contribution in [0.15, 0.2) is 30.3 Å². The SMILES string of the molecule is Cn1nnnc1[C@@H]1CC[C@@H](NOCc2ccccc2)CN1C(=O)OC(C)(C)C. The van der Waals surface area contributed by atoms with Crippen molar-refractivity contribution in [1.82, 2.24) is 30.6 Å². The van der Waals surface area contributed by atoms with Crippen molar-refractivity contribution in [2.45, 2.75) is 57.9 Å². The number of nitrogens with zero attached hydrogens (tertiary/aromatic N) is 5. The third kappa shape index (κ3) is 5.26. The summed E-state index contributed by atoms with van der Waals surface area (Å²) in [6.07, 6.45) is 1.15. The van der Waals surface area contributed by atoms with Gasteiger partial charge in [0.15, 0.2) is 5.82 Å². The highest BCUT2D eigenvalue weighted by Crippen LogP contribution is 2.30. The average molecular weight is 388 g/mol. The molecular weight excluding hydrogens is 360 g/mol. The van der Waals surface area contributed by atoms with Crippen LogP contribution in [0.3, 0.4) is 0 Å². The largest absolute Gasteiger partial charge is 0.444 e. The van der Waals surface area contributed by atoms with Gasteiger partial charge in [-0.3, -0.25) is 9.74 Å². The van der Waals surface area contributed by atoms with E-state index < -0.39 is 5.60 Å². The van der Waals surface area contributed by atoms with Crippen molar-refractivity contribution in [3.05, 3.63) is 41.7 Å². The Labute approximate surface area is 164 Å². The molecule has 0 radical (unpaired) electrons. The van der Waals surface area contributed by atoms with Crippen LogP contribution in [-0.4, -0.2) is 49.4 Å². The number of tetrazole rings is 1. The smallest absolute Gasteiger partial charge is 0.410 e. The number of hydrogen-bond donors (Lipinski definition) is 1. The molecule has 1 aliphatic rings. The van der Waals surface area contributed by atoms with Gasteiger partial charge in [-0.25, -0.2) is 9.48 Å². The van der Waals surface area contributed by atoms with Gasteiger partial charge in [0, 0.05) is 13.6 Å². The standard InChI is InChI=1S/C19H28N6O3/c1-19(2,3)28-18(26)25-12-15(21-27-13-14-8-6-5-7-9-14)10-11-16(25)17-20-22-23-24(17)4/h5-9,15-16,21H,10-13H2,1-4H3/t15-,16+/m1/s1. The molecule has 1 fully saturated rings. The number of amides is 1. The van der Waals surface area contributed by atoms with Crippen molar-refractivity contribution in [1.29, 1.82) is 0 Å². The summed E-state index contributed by atoms with van der Waals surface area (Å²) < 4.78 is 7.21. The van der Waals surface area contributed by atoms with E-state index in [1.165, 1.54) is 0 Å². The Hall–Kier alpha value is -2.52. The Morgan fingerprint density at radius 1 is 1.25 bits per heavy atom. The number of likely N-dealkylation sites (tertiary alicyclic amines) is 1. The van der Waals surface area contributed by atoms with Crippen molar-refractivity contribution in [3.8, 4) is 0 Å². The summed E-state index contributed by atoms with van der Waals surface area (Å²) in [4.78, 5) is 20.2. The number of carbonyl (C=O) groups excluding carboxylic acids is 1. The number of hydroxylamine groups is 1. The molecule has 2 aromatic rings. The maximum absolute atomic E-state index is 12.8. The summed E-state index contributed by atoms with van der Waals surface area (Å²) in [5.74, 6) is 0.648. The van der Waals surface area contributed by atoms with Gasteiger partial charge in [0.05, 0.1) is 18.7 Å². The second-order valence-electron chi connectivity index (χ2n) is 7.98. The molecule has 1 N–H and O–H groups in total. The lowest BCUT2D eigenvalue weighted by molar-refractivity contribution is -0.0347. The third-order valence-electron chi connectivity index (χ3n) is 4.49. The fourth-order valence-electron chi connectivity index (χ4n) is 3.19. The van der Waals surface area contributed by atoms with Crippen LogP contribution in [0.4, 0.5) is 4.79 Å². The summed E-state index contributed by atoms with van der Waals surface area (Å²) >= 11 is 0. The summed E-state index contributed by atoms with van der Waals surface area (Å²) in [6, 6.07) is 9.69. The van der Waals surface area contributed by atoms with E-state index in [1.54, 1.807) is 16.6 Å². The molecule has 0 aliphatic carbocycles. The highest BCUT2D eigenvalue weighted by Gasteiger charge is 2.37. The van der Waals surface area contributed by atoms with Gasteiger partial charge in [-0.05, 0) is 49.6 Å². The number of ether oxygens (including phenoxy) is 1. The quantitative estimate of drug-likeness (QED) is 0.786. The number of aryl methyl sites for hydroxylation is 1. The maximum Gasteiger partial charge on any atom is 0.410 e. The Kier molecular flexibility index (Phi) is 6.25. The van der Waals surface area contributed by atoms with Crippen LogP contribution in [0, 0.1) is 0 Å². The molecule has 2 heterocycles. The second kappa shape index (κ2) is 8.66. The molecule has 1 amide bonds. The summed E-state index contributed by atoms with van der Waals surface area (Å²) in [6.45, 7) is 6.47. The Morgan fingerprint density at radius 3 is 2.64 bits per heavy atom. The van der Waals surface area contributed by atoms with Crippen molar-refractivity contribution >= 4 is 6.09 Å². The lowest BCUT2D eigenvalue weighted by atomic mass is 9.98. The van der Waals surface area contributed by atoms with Crippen molar-refractivity contribution in [2.24, 2.45) is 7.05 Å². The van der Waals surface area contributed by atoms with E-state index in [9.17, 15) is 4.79 Å². The third-order valence-corrected chi connectivity index (χ3v) is 4.49. The molecule has 0 bridgehead atoms. The number of carbonyl (C=O) groups is 1. The molecular formula is C19H28N6O3. The maximum atomic E-state index is 12.8. The van der Waals surface area contributed by atoms with Gasteiger partial charge in [0.2, 0.25) is 0 Å². The predicted molar refractivity (Wildman–Crippen MR) is 102 cm³/mol. The minimum atomic E-state index is -0.579. The lowest BCUT2D eigenvalue weighted by Gasteiger charge is -2.39. The Morgan fingerprint density at radius 2 is 2.00 bits per heavy atom. The molecule has 9 nitrogen and oxygen atoms in total. The molecule has 3 rings (SSSR count). The minimum Gasteiger partial charge on any atom is -0.444 e. The van der Waals surface area contributed by atoms with Crippen LogP contribution >= 0.6 is 0 Å². The molecule has 0 spiro atoms.